The van der Waals surface area contributed by atoms with E-state index >= 15 is 0 Å². The number of para-hydroxylation sites is 1. The summed E-state index contributed by atoms with van der Waals surface area (Å²) in [6.07, 6.45) is 6.48. The molecule has 2 nitrogen and oxygen atoms in total. The number of hydrogen-bond acceptors (Lipinski definition) is 0. The van der Waals surface area contributed by atoms with Crippen molar-refractivity contribution in [1.29, 1.82) is 0 Å². The Bertz CT molecular complexity index is 2200. The molecule has 0 aliphatic heterocycles. The zero-order chi connectivity index (χ0) is 33.7. The predicted molar refractivity (Wildman–Crippen MR) is 213 cm³/mol. The normalized spacial score (nSPS) is 12.7. The van der Waals surface area contributed by atoms with E-state index in [-0.39, 0.29) is 5.48 Å². The molecule has 0 amide bonds. The molecule has 8 rings (SSSR count). The van der Waals surface area contributed by atoms with Crippen LogP contribution in [-0.2, 0) is 5.41 Å². The number of nitrogens with zero attached hydrogens (tertiary/aromatic N) is 1. The molecule has 0 unspecified atom stereocenters. The second-order valence-electron chi connectivity index (χ2n) is 11.6. The zero-order valence-corrected chi connectivity index (χ0v) is 29.5. The Hall–Kier alpha value is -5.44. The van der Waals surface area contributed by atoms with Crippen molar-refractivity contribution in [2.24, 2.45) is 0 Å². The van der Waals surface area contributed by atoms with Crippen molar-refractivity contribution >= 4 is 27.4 Å². The van der Waals surface area contributed by atoms with Crippen molar-refractivity contribution in [3.63, 3.8) is 0 Å². The van der Waals surface area contributed by atoms with E-state index in [0.29, 0.717) is 0 Å². The van der Waals surface area contributed by atoms with Crippen molar-refractivity contribution in [2.45, 2.75) is 47.0 Å². The molecule has 1 heterocycles. The SMILES string of the molecule is C/C=C/C(=C\C)c1ccc2c(c1)c1ccccc1n2-c1ccc2c(c1)-c1ccccc1C2(c1ccccc1)c1ccccc1.CC.CC.O. The van der Waals surface area contributed by atoms with E-state index < -0.39 is 5.41 Å². The maximum atomic E-state index is 2.44. The summed E-state index contributed by atoms with van der Waals surface area (Å²) < 4.78 is 2.44. The molecule has 0 bridgehead atoms. The number of allylic oxidation sites excluding steroid dienone is 4. The number of benzene rings is 6. The Morgan fingerprint density at radius 1 is 0.531 bits per heavy atom. The van der Waals surface area contributed by atoms with Crippen LogP contribution in [0.3, 0.4) is 0 Å². The van der Waals surface area contributed by atoms with Crippen LogP contribution in [-0.4, -0.2) is 10.0 Å². The van der Waals surface area contributed by atoms with E-state index in [4.69, 9.17) is 0 Å². The number of aromatic nitrogens is 1. The highest BCUT2D eigenvalue weighted by Gasteiger charge is 2.46. The average Bonchev–Trinajstić information content (AvgIpc) is 3.66. The predicted octanol–water partition coefficient (Wildman–Crippen LogP) is 12.4. The topological polar surface area (TPSA) is 36.4 Å². The minimum Gasteiger partial charge on any atom is -0.412 e. The molecule has 1 aliphatic rings. The van der Waals surface area contributed by atoms with E-state index in [9.17, 15) is 0 Å². The van der Waals surface area contributed by atoms with Crippen LogP contribution in [0.25, 0.3) is 44.2 Å². The molecule has 0 saturated carbocycles. The summed E-state index contributed by atoms with van der Waals surface area (Å²) in [5.41, 5.74) is 13.5. The van der Waals surface area contributed by atoms with Gasteiger partial charge in [-0.05, 0) is 88.7 Å². The van der Waals surface area contributed by atoms with Gasteiger partial charge in [0, 0.05) is 16.5 Å². The quantitative estimate of drug-likeness (QED) is 0.168. The van der Waals surface area contributed by atoms with Gasteiger partial charge in [0.1, 0.15) is 0 Å². The minimum absolute atomic E-state index is 0. The van der Waals surface area contributed by atoms with Gasteiger partial charge in [-0.3, -0.25) is 0 Å². The van der Waals surface area contributed by atoms with Crippen molar-refractivity contribution < 1.29 is 5.48 Å². The highest BCUT2D eigenvalue weighted by Crippen LogP contribution is 2.56. The Morgan fingerprint density at radius 2 is 1.10 bits per heavy atom. The fraction of sp³-hybridized carbons (Fsp3) is 0.149. The van der Waals surface area contributed by atoms with Crippen LogP contribution in [0.5, 0.6) is 0 Å². The van der Waals surface area contributed by atoms with Gasteiger partial charge >= 0.3 is 0 Å². The van der Waals surface area contributed by atoms with Gasteiger partial charge in [-0.15, -0.1) is 0 Å². The van der Waals surface area contributed by atoms with E-state index in [1.165, 1.54) is 72.0 Å². The third-order valence-corrected chi connectivity index (χ3v) is 9.36. The van der Waals surface area contributed by atoms with E-state index in [2.05, 4.69) is 182 Å². The molecule has 246 valence electrons. The van der Waals surface area contributed by atoms with Gasteiger partial charge in [-0.25, -0.2) is 0 Å². The number of rotatable bonds is 5. The fourth-order valence-electron chi connectivity index (χ4n) is 7.55. The van der Waals surface area contributed by atoms with Crippen molar-refractivity contribution in [3.8, 4) is 16.8 Å². The Labute approximate surface area is 292 Å². The van der Waals surface area contributed by atoms with Gasteiger partial charge in [-0.2, -0.15) is 0 Å². The summed E-state index contributed by atoms with van der Waals surface area (Å²) in [5, 5.41) is 2.54. The summed E-state index contributed by atoms with van der Waals surface area (Å²) >= 11 is 0. The first kappa shape index (κ1) is 34.9. The standard InChI is InChI=1S/C43H33N.2C2H6.H2O/c1-3-15-30(4-2)31-24-27-42-38(28-31)36-21-12-14-23-41(36)44(42)34-25-26-40-37(29-34)35-20-11-13-22-39(35)43(40,32-16-7-5-8-17-32)33-18-9-6-10-19-33;2*1-2;/h3-29H,1-2H3;2*1-2H3;1H2/b15-3+,30-4+;;;. The van der Waals surface area contributed by atoms with Gasteiger partial charge < -0.3 is 10.0 Å². The van der Waals surface area contributed by atoms with Gasteiger partial charge in [0.2, 0.25) is 0 Å². The molecule has 0 atom stereocenters. The first-order chi connectivity index (χ1) is 23.8. The third-order valence-electron chi connectivity index (χ3n) is 9.36. The Balaban J connectivity index is 0.000000905. The summed E-state index contributed by atoms with van der Waals surface area (Å²) in [4.78, 5) is 0. The van der Waals surface area contributed by atoms with E-state index in [0.717, 1.165) is 0 Å². The van der Waals surface area contributed by atoms with Crippen LogP contribution in [0.15, 0.2) is 164 Å². The van der Waals surface area contributed by atoms with Gasteiger partial charge in [0.15, 0.2) is 0 Å². The first-order valence-electron chi connectivity index (χ1n) is 17.4. The molecule has 49 heavy (non-hydrogen) atoms. The van der Waals surface area contributed by atoms with Gasteiger partial charge in [-0.1, -0.05) is 161 Å². The monoisotopic (exact) mass is 641 g/mol. The highest BCUT2D eigenvalue weighted by molar-refractivity contribution is 6.10. The molecular weight excluding hydrogens is 595 g/mol. The maximum absolute atomic E-state index is 2.44. The minimum atomic E-state index is -0.390. The lowest BCUT2D eigenvalue weighted by Gasteiger charge is -2.33. The van der Waals surface area contributed by atoms with Crippen LogP contribution in [0.1, 0.15) is 69.4 Å². The smallest absolute Gasteiger partial charge is 0.0713 e. The van der Waals surface area contributed by atoms with E-state index in [1.807, 2.05) is 27.7 Å². The average molecular weight is 642 g/mol. The zero-order valence-electron chi connectivity index (χ0n) is 29.5. The van der Waals surface area contributed by atoms with Crippen LogP contribution in [0.2, 0.25) is 0 Å². The van der Waals surface area contributed by atoms with Crippen molar-refractivity contribution in [2.75, 3.05) is 0 Å². The molecule has 7 aromatic rings. The summed E-state index contributed by atoms with van der Waals surface area (Å²) in [6.45, 7) is 12.2. The lowest BCUT2D eigenvalue weighted by Crippen LogP contribution is -2.28. The molecule has 2 heteroatoms. The lowest BCUT2D eigenvalue weighted by atomic mass is 9.68. The Kier molecular flexibility index (Phi) is 10.8. The molecule has 1 aromatic heterocycles. The largest absolute Gasteiger partial charge is 0.412 e. The van der Waals surface area contributed by atoms with Crippen LogP contribution >= 0.6 is 0 Å². The van der Waals surface area contributed by atoms with Gasteiger partial charge in [0.05, 0.1) is 16.4 Å². The molecule has 0 spiro atoms. The molecule has 6 aromatic carbocycles. The number of fused-ring (bicyclic) bond motifs is 6. The maximum Gasteiger partial charge on any atom is 0.0713 e. The molecule has 1 aliphatic carbocycles. The third kappa shape index (κ3) is 5.63. The molecule has 0 saturated heterocycles. The molecule has 0 fully saturated rings. The van der Waals surface area contributed by atoms with Gasteiger partial charge in [0.25, 0.3) is 0 Å². The Morgan fingerprint density at radius 3 is 1.76 bits per heavy atom. The molecule has 2 N–H and O–H groups in total. The molecular formula is C47H47NO. The highest BCUT2D eigenvalue weighted by atomic mass is 16.0. The summed E-state index contributed by atoms with van der Waals surface area (Å²) in [5.74, 6) is 0. The fourth-order valence-corrected chi connectivity index (χ4v) is 7.55. The van der Waals surface area contributed by atoms with Crippen LogP contribution in [0.4, 0.5) is 0 Å². The van der Waals surface area contributed by atoms with Crippen LogP contribution < -0.4 is 0 Å². The number of hydrogen-bond donors (Lipinski definition) is 0. The summed E-state index contributed by atoms with van der Waals surface area (Å²) in [6, 6.07) is 53.8. The lowest BCUT2D eigenvalue weighted by molar-refractivity contribution is 0.768. The van der Waals surface area contributed by atoms with Crippen molar-refractivity contribution in [1.82, 2.24) is 4.57 Å². The van der Waals surface area contributed by atoms with Crippen molar-refractivity contribution in [3.05, 3.63) is 192 Å². The van der Waals surface area contributed by atoms with Crippen LogP contribution in [0, 0.1) is 0 Å². The molecule has 0 radical (unpaired) electrons. The second kappa shape index (κ2) is 15.2. The summed E-state index contributed by atoms with van der Waals surface area (Å²) in [7, 11) is 0. The first-order valence-corrected chi connectivity index (χ1v) is 17.4. The second-order valence-corrected chi connectivity index (χ2v) is 11.6. The van der Waals surface area contributed by atoms with E-state index in [1.54, 1.807) is 0 Å².